The first-order chi connectivity index (χ1) is 12.6. The molecule has 0 aromatic heterocycles. The highest BCUT2D eigenvalue weighted by molar-refractivity contribution is 5.94. The number of ether oxygens (including phenoxy) is 2. The van der Waals surface area contributed by atoms with Gasteiger partial charge in [-0.1, -0.05) is 6.07 Å². The molecule has 140 valence electrons. The number of nitrogens with two attached hydrogens (primary N) is 1. The number of amides is 2. The summed E-state index contributed by atoms with van der Waals surface area (Å²) in [6.07, 6.45) is 3.99. The van der Waals surface area contributed by atoms with Crippen LogP contribution < -0.4 is 5.73 Å². The van der Waals surface area contributed by atoms with Crippen molar-refractivity contribution in [2.24, 2.45) is 11.7 Å². The Bertz CT molecular complexity index is 697. The molecule has 6 nitrogen and oxygen atoms in total. The van der Waals surface area contributed by atoms with Gasteiger partial charge in [-0.25, -0.2) is 0 Å². The molecule has 0 spiro atoms. The Labute approximate surface area is 153 Å². The van der Waals surface area contributed by atoms with Gasteiger partial charge in [0.25, 0.3) is 5.91 Å². The van der Waals surface area contributed by atoms with Crippen molar-refractivity contribution >= 4 is 11.8 Å². The van der Waals surface area contributed by atoms with E-state index < -0.39 is 6.10 Å². The van der Waals surface area contributed by atoms with Gasteiger partial charge >= 0.3 is 0 Å². The maximum Gasteiger partial charge on any atom is 0.253 e. The summed E-state index contributed by atoms with van der Waals surface area (Å²) in [5.74, 6) is 0.155. The van der Waals surface area contributed by atoms with E-state index in [4.69, 9.17) is 15.2 Å². The van der Waals surface area contributed by atoms with Crippen LogP contribution in [0.4, 0.5) is 0 Å². The number of primary amides is 1. The molecular formula is C20H26N2O4. The van der Waals surface area contributed by atoms with Crippen LogP contribution in [0.15, 0.2) is 18.2 Å². The number of piperidine rings is 1. The number of fused-ring (bicyclic) bond motifs is 1. The van der Waals surface area contributed by atoms with Crippen LogP contribution in [0.3, 0.4) is 0 Å². The van der Waals surface area contributed by atoms with Gasteiger partial charge in [0.15, 0.2) is 0 Å². The van der Waals surface area contributed by atoms with E-state index in [0.29, 0.717) is 12.5 Å². The molecule has 3 aliphatic heterocycles. The van der Waals surface area contributed by atoms with Crippen molar-refractivity contribution in [3.8, 4) is 0 Å². The predicted octanol–water partition coefficient (Wildman–Crippen LogP) is 1.64. The van der Waals surface area contributed by atoms with Crippen molar-refractivity contribution in [1.82, 2.24) is 4.90 Å². The predicted molar refractivity (Wildman–Crippen MR) is 95.5 cm³/mol. The smallest absolute Gasteiger partial charge is 0.253 e. The number of nitrogens with zero attached hydrogens (tertiary/aromatic N) is 1. The summed E-state index contributed by atoms with van der Waals surface area (Å²) in [6, 6.07) is 5.97. The highest BCUT2D eigenvalue weighted by Gasteiger charge is 2.36. The van der Waals surface area contributed by atoms with Crippen LogP contribution >= 0.6 is 0 Å². The van der Waals surface area contributed by atoms with Crippen LogP contribution in [-0.2, 0) is 27.3 Å². The molecule has 3 heterocycles. The van der Waals surface area contributed by atoms with E-state index in [1.54, 1.807) is 0 Å². The van der Waals surface area contributed by atoms with Gasteiger partial charge in [0.1, 0.15) is 6.10 Å². The zero-order valence-electron chi connectivity index (χ0n) is 15.0. The third kappa shape index (κ3) is 3.48. The van der Waals surface area contributed by atoms with Gasteiger partial charge in [0, 0.05) is 18.7 Å². The normalized spacial score (nSPS) is 26.5. The van der Waals surface area contributed by atoms with Crippen LogP contribution in [-0.4, -0.2) is 48.6 Å². The molecular weight excluding hydrogens is 332 g/mol. The zero-order chi connectivity index (χ0) is 18.1. The topological polar surface area (TPSA) is 81.9 Å². The fourth-order valence-corrected chi connectivity index (χ4v) is 4.37. The zero-order valence-corrected chi connectivity index (χ0v) is 15.0. The van der Waals surface area contributed by atoms with E-state index in [2.05, 4.69) is 0 Å². The Hall–Kier alpha value is -1.92. The van der Waals surface area contributed by atoms with Crippen molar-refractivity contribution in [3.63, 3.8) is 0 Å². The van der Waals surface area contributed by atoms with Crippen LogP contribution in [0.2, 0.25) is 0 Å². The Morgan fingerprint density at radius 3 is 2.62 bits per heavy atom. The molecule has 0 radical (unpaired) electrons. The first-order valence-corrected chi connectivity index (χ1v) is 9.55. The van der Waals surface area contributed by atoms with E-state index in [1.165, 1.54) is 11.1 Å². The lowest BCUT2D eigenvalue weighted by molar-refractivity contribution is -0.130. The summed E-state index contributed by atoms with van der Waals surface area (Å²) in [7, 11) is 0. The lowest BCUT2D eigenvalue weighted by atomic mass is 9.89. The number of benzene rings is 1. The van der Waals surface area contributed by atoms with Gasteiger partial charge in [-0.2, -0.15) is 0 Å². The number of rotatable bonds is 3. The van der Waals surface area contributed by atoms with E-state index in [9.17, 15) is 9.59 Å². The van der Waals surface area contributed by atoms with Gasteiger partial charge in [0.05, 0.1) is 19.3 Å². The van der Waals surface area contributed by atoms with E-state index >= 15 is 0 Å². The molecule has 2 amide bonds. The molecule has 0 aliphatic carbocycles. The average molecular weight is 358 g/mol. The Balaban J connectivity index is 1.34. The molecule has 2 N–H and O–H groups in total. The molecule has 2 saturated heterocycles. The molecule has 6 heteroatoms. The van der Waals surface area contributed by atoms with E-state index in [-0.39, 0.29) is 17.9 Å². The minimum atomic E-state index is -0.431. The van der Waals surface area contributed by atoms with Crippen molar-refractivity contribution in [2.75, 3.05) is 19.7 Å². The first kappa shape index (κ1) is 17.5. The van der Waals surface area contributed by atoms with Crippen molar-refractivity contribution in [3.05, 3.63) is 34.9 Å². The summed E-state index contributed by atoms with van der Waals surface area (Å²) < 4.78 is 11.3. The lowest BCUT2D eigenvalue weighted by Gasteiger charge is -2.34. The summed E-state index contributed by atoms with van der Waals surface area (Å²) in [5.41, 5.74) is 8.53. The molecule has 3 aliphatic rings. The number of carbonyl (C=O) groups is 2. The van der Waals surface area contributed by atoms with E-state index in [0.717, 1.165) is 57.4 Å². The molecule has 2 fully saturated rings. The summed E-state index contributed by atoms with van der Waals surface area (Å²) in [5, 5.41) is 0. The monoisotopic (exact) mass is 358 g/mol. The summed E-state index contributed by atoms with van der Waals surface area (Å²) >= 11 is 0. The highest BCUT2D eigenvalue weighted by atomic mass is 16.5. The lowest BCUT2D eigenvalue weighted by Crippen LogP contribution is -2.41. The van der Waals surface area contributed by atoms with Gasteiger partial charge in [-0.3, -0.25) is 9.59 Å². The van der Waals surface area contributed by atoms with Crippen LogP contribution in [0.5, 0.6) is 0 Å². The largest absolute Gasteiger partial charge is 0.376 e. The van der Waals surface area contributed by atoms with E-state index in [1.807, 2.05) is 23.1 Å². The summed E-state index contributed by atoms with van der Waals surface area (Å²) in [6.45, 7) is 2.85. The third-order valence-electron chi connectivity index (χ3n) is 5.95. The molecule has 0 bridgehead atoms. The minimum absolute atomic E-state index is 0.105. The van der Waals surface area contributed by atoms with Crippen LogP contribution in [0, 0.1) is 5.92 Å². The SMILES string of the molecule is NC(=O)[C@H]1CC[C@@H](C2CCN(C(=O)c3ccc4c(c3)CCOC4)CC2)O1. The number of carbonyl (C=O) groups excluding carboxylic acids is 2. The van der Waals surface area contributed by atoms with Crippen molar-refractivity contribution in [2.45, 2.75) is 50.9 Å². The molecule has 0 saturated carbocycles. The van der Waals surface area contributed by atoms with Crippen LogP contribution in [0.25, 0.3) is 0 Å². The molecule has 26 heavy (non-hydrogen) atoms. The number of hydrogen-bond donors (Lipinski definition) is 1. The maximum atomic E-state index is 12.9. The summed E-state index contributed by atoms with van der Waals surface area (Å²) in [4.78, 5) is 26.1. The fraction of sp³-hybridized carbons (Fsp3) is 0.600. The Kier molecular flexibility index (Phi) is 4.96. The molecule has 1 aromatic rings. The van der Waals surface area contributed by atoms with Gasteiger partial charge in [-0.15, -0.1) is 0 Å². The van der Waals surface area contributed by atoms with Gasteiger partial charge in [-0.05, 0) is 61.3 Å². The second-order valence-corrected chi connectivity index (χ2v) is 7.56. The number of likely N-dealkylation sites (tertiary alicyclic amines) is 1. The number of hydrogen-bond acceptors (Lipinski definition) is 4. The minimum Gasteiger partial charge on any atom is -0.376 e. The fourth-order valence-electron chi connectivity index (χ4n) is 4.37. The van der Waals surface area contributed by atoms with Crippen molar-refractivity contribution in [1.29, 1.82) is 0 Å². The van der Waals surface area contributed by atoms with Gasteiger partial charge in [0.2, 0.25) is 5.91 Å². The Morgan fingerprint density at radius 1 is 1.08 bits per heavy atom. The van der Waals surface area contributed by atoms with Crippen molar-refractivity contribution < 1.29 is 19.1 Å². The third-order valence-corrected chi connectivity index (χ3v) is 5.95. The Morgan fingerprint density at radius 2 is 1.88 bits per heavy atom. The quantitative estimate of drug-likeness (QED) is 0.891. The highest BCUT2D eigenvalue weighted by Crippen LogP contribution is 2.32. The first-order valence-electron chi connectivity index (χ1n) is 9.55. The molecule has 1 aromatic carbocycles. The molecule has 4 rings (SSSR count). The second kappa shape index (κ2) is 7.37. The molecule has 0 unspecified atom stereocenters. The van der Waals surface area contributed by atoms with Crippen LogP contribution in [0.1, 0.15) is 47.2 Å². The standard InChI is InChI=1S/C20H26N2O4/c21-19(23)18-4-3-17(26-18)13-5-8-22(9-6-13)20(24)15-1-2-16-12-25-10-7-14(16)11-15/h1-2,11,13,17-18H,3-10,12H2,(H2,21,23)/t17-,18+/m0/s1. The van der Waals surface area contributed by atoms with Gasteiger partial charge < -0.3 is 20.1 Å². The second-order valence-electron chi connectivity index (χ2n) is 7.56. The molecule has 2 atom stereocenters. The average Bonchev–Trinajstić information content (AvgIpc) is 3.18. The maximum absolute atomic E-state index is 12.9.